The van der Waals surface area contributed by atoms with Gasteiger partial charge in [0.15, 0.2) is 0 Å². The van der Waals surface area contributed by atoms with E-state index >= 15 is 0 Å². The molecule has 0 atom stereocenters. The molecule has 0 aliphatic rings. The number of ether oxygens (including phenoxy) is 1. The number of benzene rings is 1. The summed E-state index contributed by atoms with van der Waals surface area (Å²) in [5, 5.41) is 0. The van der Waals surface area contributed by atoms with Crippen LogP contribution in [0.3, 0.4) is 0 Å². The van der Waals surface area contributed by atoms with Gasteiger partial charge in [0.05, 0.1) is 12.3 Å². The Balaban J connectivity index is 2.97. The Morgan fingerprint density at radius 1 is 1.54 bits per heavy atom. The third-order valence-electron chi connectivity index (χ3n) is 1.63. The van der Waals surface area contributed by atoms with Crippen LogP contribution < -0.4 is 4.74 Å². The molecule has 0 radical (unpaired) electrons. The van der Waals surface area contributed by atoms with Gasteiger partial charge in [0, 0.05) is 0 Å². The molecular weight excluding hydrogens is 166 g/mol. The van der Waals surface area contributed by atoms with E-state index in [1.165, 1.54) is 6.08 Å². The molecule has 0 N–H and O–H groups in total. The van der Waals surface area contributed by atoms with Gasteiger partial charge in [-0.2, -0.15) is 4.99 Å². The van der Waals surface area contributed by atoms with Crippen molar-refractivity contribution < 1.29 is 9.53 Å². The first-order chi connectivity index (χ1) is 6.27. The average molecular weight is 177 g/mol. The van der Waals surface area contributed by atoms with E-state index < -0.39 is 0 Å². The van der Waals surface area contributed by atoms with Crippen molar-refractivity contribution in [2.75, 3.05) is 6.61 Å². The highest BCUT2D eigenvalue weighted by Crippen LogP contribution is 2.23. The molecule has 0 spiro atoms. The highest BCUT2D eigenvalue weighted by molar-refractivity contribution is 5.52. The maximum atomic E-state index is 9.97. The van der Waals surface area contributed by atoms with E-state index in [1.807, 2.05) is 13.8 Å². The fourth-order valence-corrected chi connectivity index (χ4v) is 1.07. The lowest BCUT2D eigenvalue weighted by Gasteiger charge is -2.06. The van der Waals surface area contributed by atoms with Gasteiger partial charge in [-0.05, 0) is 37.6 Å². The zero-order chi connectivity index (χ0) is 9.68. The lowest BCUT2D eigenvalue weighted by Crippen LogP contribution is -1.92. The molecule has 1 rings (SSSR count). The van der Waals surface area contributed by atoms with Crippen LogP contribution in [-0.2, 0) is 4.79 Å². The Kier molecular flexibility index (Phi) is 3.23. The molecule has 3 nitrogen and oxygen atoms in total. The third kappa shape index (κ3) is 2.42. The number of aliphatic imine (C=N–C) groups is 1. The normalized spacial score (nSPS) is 9.08. The molecule has 0 aromatic heterocycles. The summed E-state index contributed by atoms with van der Waals surface area (Å²) in [5.41, 5.74) is 1.58. The molecule has 3 heteroatoms. The second kappa shape index (κ2) is 4.43. The topological polar surface area (TPSA) is 38.7 Å². The minimum absolute atomic E-state index is 0.607. The molecular formula is C10H11NO2. The van der Waals surface area contributed by atoms with Crippen LogP contribution in [0.2, 0.25) is 0 Å². The van der Waals surface area contributed by atoms with Crippen LogP contribution >= 0.6 is 0 Å². The van der Waals surface area contributed by atoms with Crippen molar-refractivity contribution in [1.82, 2.24) is 0 Å². The number of rotatable bonds is 3. The maximum absolute atomic E-state index is 9.97. The van der Waals surface area contributed by atoms with Crippen molar-refractivity contribution in [3.8, 4) is 5.75 Å². The smallest absolute Gasteiger partial charge is 0.240 e. The summed E-state index contributed by atoms with van der Waals surface area (Å²) in [7, 11) is 0. The molecule has 0 aliphatic carbocycles. The van der Waals surface area contributed by atoms with Crippen LogP contribution in [0.1, 0.15) is 12.5 Å². The Bertz CT molecular complexity index is 341. The van der Waals surface area contributed by atoms with E-state index in [4.69, 9.17) is 4.74 Å². The molecule has 0 aliphatic heterocycles. The van der Waals surface area contributed by atoms with Crippen molar-refractivity contribution in [1.29, 1.82) is 0 Å². The van der Waals surface area contributed by atoms with Crippen LogP contribution in [0.25, 0.3) is 0 Å². The van der Waals surface area contributed by atoms with E-state index in [1.54, 1.807) is 18.2 Å². The molecule has 1 aromatic rings. The second-order valence-corrected chi connectivity index (χ2v) is 2.59. The van der Waals surface area contributed by atoms with Crippen molar-refractivity contribution >= 4 is 11.8 Å². The fraction of sp³-hybridized carbons (Fsp3) is 0.300. The molecule has 68 valence electrons. The van der Waals surface area contributed by atoms with Crippen LogP contribution in [0.5, 0.6) is 5.75 Å². The van der Waals surface area contributed by atoms with Crippen LogP contribution in [-0.4, -0.2) is 12.7 Å². The van der Waals surface area contributed by atoms with Crippen molar-refractivity contribution in [2.24, 2.45) is 4.99 Å². The lowest BCUT2D eigenvalue weighted by atomic mass is 10.2. The highest BCUT2D eigenvalue weighted by Gasteiger charge is 1.98. The molecule has 0 unspecified atom stereocenters. The molecule has 13 heavy (non-hydrogen) atoms. The first-order valence-corrected chi connectivity index (χ1v) is 4.09. The van der Waals surface area contributed by atoms with E-state index in [-0.39, 0.29) is 0 Å². The van der Waals surface area contributed by atoms with Gasteiger partial charge in [-0.25, -0.2) is 4.79 Å². The van der Waals surface area contributed by atoms with Gasteiger partial charge >= 0.3 is 0 Å². The number of nitrogens with zero attached hydrogens (tertiary/aromatic N) is 1. The van der Waals surface area contributed by atoms with Gasteiger partial charge in [-0.1, -0.05) is 0 Å². The van der Waals surface area contributed by atoms with Crippen LogP contribution in [0, 0.1) is 6.92 Å². The van der Waals surface area contributed by atoms with Gasteiger partial charge in [0.2, 0.25) is 6.08 Å². The summed E-state index contributed by atoms with van der Waals surface area (Å²) in [6, 6.07) is 5.31. The minimum Gasteiger partial charge on any atom is -0.494 e. The predicted octanol–water partition coefficient (Wildman–Crippen LogP) is 2.36. The molecule has 0 saturated carbocycles. The minimum atomic E-state index is 0.607. The van der Waals surface area contributed by atoms with Crippen molar-refractivity contribution in [3.05, 3.63) is 23.8 Å². The van der Waals surface area contributed by atoms with Crippen LogP contribution in [0.15, 0.2) is 23.2 Å². The lowest BCUT2D eigenvalue weighted by molar-refractivity contribution is 0.338. The van der Waals surface area contributed by atoms with Crippen molar-refractivity contribution in [2.45, 2.75) is 13.8 Å². The Morgan fingerprint density at radius 2 is 2.31 bits per heavy atom. The maximum Gasteiger partial charge on any atom is 0.240 e. The van der Waals surface area contributed by atoms with Gasteiger partial charge in [-0.15, -0.1) is 0 Å². The van der Waals surface area contributed by atoms with Crippen LogP contribution in [0.4, 0.5) is 5.69 Å². The number of isocyanates is 1. The Morgan fingerprint density at radius 3 is 2.85 bits per heavy atom. The van der Waals surface area contributed by atoms with Gasteiger partial charge in [-0.3, -0.25) is 0 Å². The summed E-state index contributed by atoms with van der Waals surface area (Å²) < 4.78 is 5.33. The van der Waals surface area contributed by atoms with Crippen molar-refractivity contribution in [3.63, 3.8) is 0 Å². The summed E-state index contributed by atoms with van der Waals surface area (Å²) in [4.78, 5) is 13.5. The van der Waals surface area contributed by atoms with E-state index in [9.17, 15) is 4.79 Å². The number of hydrogen-bond acceptors (Lipinski definition) is 3. The van der Waals surface area contributed by atoms with Gasteiger partial charge < -0.3 is 4.74 Å². The largest absolute Gasteiger partial charge is 0.494 e. The molecule has 0 amide bonds. The molecule has 0 saturated heterocycles. The second-order valence-electron chi connectivity index (χ2n) is 2.59. The molecule has 1 aromatic carbocycles. The number of aryl methyl sites for hydroxylation is 1. The standard InChI is InChI=1S/C10H11NO2/c1-3-13-10-5-4-9(11-7-12)6-8(10)2/h4-6H,3H2,1-2H3. The number of hydrogen-bond donors (Lipinski definition) is 0. The Labute approximate surface area is 77.1 Å². The predicted molar refractivity (Wildman–Crippen MR) is 50.1 cm³/mol. The first kappa shape index (κ1) is 9.49. The molecule has 0 heterocycles. The summed E-state index contributed by atoms with van der Waals surface area (Å²) >= 11 is 0. The Hall–Kier alpha value is -1.60. The SMILES string of the molecule is CCOc1ccc(N=C=O)cc1C. The molecule has 0 bridgehead atoms. The zero-order valence-electron chi connectivity index (χ0n) is 7.70. The van der Waals surface area contributed by atoms with E-state index in [2.05, 4.69) is 4.99 Å². The monoisotopic (exact) mass is 177 g/mol. The number of carbonyl (C=O) groups excluding carboxylic acids is 1. The summed E-state index contributed by atoms with van der Waals surface area (Å²) in [6.07, 6.45) is 1.50. The highest BCUT2D eigenvalue weighted by atomic mass is 16.5. The molecule has 0 fully saturated rings. The summed E-state index contributed by atoms with van der Waals surface area (Å²) in [5.74, 6) is 0.826. The zero-order valence-corrected chi connectivity index (χ0v) is 7.70. The van der Waals surface area contributed by atoms with E-state index in [0.29, 0.717) is 12.3 Å². The summed E-state index contributed by atoms with van der Waals surface area (Å²) in [6.45, 7) is 4.48. The quantitative estimate of drug-likeness (QED) is 0.525. The van der Waals surface area contributed by atoms with E-state index in [0.717, 1.165) is 11.3 Å². The fourth-order valence-electron chi connectivity index (χ4n) is 1.07. The van der Waals surface area contributed by atoms with Gasteiger partial charge in [0.1, 0.15) is 5.75 Å². The van der Waals surface area contributed by atoms with Gasteiger partial charge in [0.25, 0.3) is 0 Å². The first-order valence-electron chi connectivity index (χ1n) is 4.09. The third-order valence-corrected chi connectivity index (χ3v) is 1.63. The average Bonchev–Trinajstić information content (AvgIpc) is 2.10.